The Morgan fingerprint density at radius 3 is 2.53 bits per heavy atom. The smallest absolute Gasteiger partial charge is 0.248 e. The number of hydrogen-bond donors (Lipinski definition) is 3. The maximum Gasteiger partial charge on any atom is 0.248 e. The third-order valence-corrected chi connectivity index (χ3v) is 5.82. The molecule has 0 saturated heterocycles. The Labute approximate surface area is 196 Å². The van der Waals surface area contributed by atoms with Gasteiger partial charge in [0.2, 0.25) is 5.91 Å². The van der Waals surface area contributed by atoms with E-state index in [0.717, 1.165) is 23.2 Å². The Bertz CT molecular complexity index is 1510. The maximum atomic E-state index is 11.6. The summed E-state index contributed by atoms with van der Waals surface area (Å²) in [7, 11) is 1.93. The number of rotatable bonds is 6. The summed E-state index contributed by atoms with van der Waals surface area (Å²) >= 11 is 0. The first kappa shape index (κ1) is 21.4. The lowest BCUT2D eigenvalue weighted by Gasteiger charge is -2.11. The number of fused-ring (bicyclic) bond motifs is 1. The molecule has 0 atom stereocenters. The highest BCUT2D eigenvalue weighted by atomic mass is 16.3. The predicted octanol–water partition coefficient (Wildman–Crippen LogP) is 4.28. The van der Waals surface area contributed by atoms with E-state index in [1.165, 1.54) is 5.56 Å². The van der Waals surface area contributed by atoms with Crippen LogP contribution in [0.5, 0.6) is 5.75 Å². The molecule has 0 aliphatic rings. The van der Waals surface area contributed by atoms with Gasteiger partial charge in [0, 0.05) is 23.4 Å². The van der Waals surface area contributed by atoms with Gasteiger partial charge in [-0.3, -0.25) is 9.36 Å². The number of nitrogens with two attached hydrogens (primary N) is 1. The average Bonchev–Trinajstić information content (AvgIpc) is 3.30. The van der Waals surface area contributed by atoms with Gasteiger partial charge >= 0.3 is 0 Å². The number of nitrogens with zero attached hydrogens (tertiary/aromatic N) is 3. The van der Waals surface area contributed by atoms with Gasteiger partial charge < -0.3 is 16.2 Å². The molecule has 34 heavy (non-hydrogen) atoms. The van der Waals surface area contributed by atoms with Crippen molar-refractivity contribution < 1.29 is 9.90 Å². The summed E-state index contributed by atoms with van der Waals surface area (Å²) in [4.78, 5) is 20.4. The van der Waals surface area contributed by atoms with Gasteiger partial charge in [0.15, 0.2) is 5.75 Å². The average molecular weight is 450 g/mol. The molecule has 2 heterocycles. The Morgan fingerprint density at radius 2 is 1.76 bits per heavy atom. The SMILES string of the molecule is CNCc1ccccc1-c1ccc(-c2ncc3ncn(-c4cccc(C(N)=O)c4)c3c2O)cc1. The van der Waals surface area contributed by atoms with Crippen LogP contribution in [0.1, 0.15) is 15.9 Å². The van der Waals surface area contributed by atoms with Gasteiger partial charge in [0.25, 0.3) is 0 Å². The topological polar surface area (TPSA) is 106 Å². The van der Waals surface area contributed by atoms with Crippen LogP contribution in [-0.2, 0) is 6.54 Å². The molecular weight excluding hydrogens is 426 g/mol. The molecule has 0 fully saturated rings. The van der Waals surface area contributed by atoms with Gasteiger partial charge in [0.1, 0.15) is 23.1 Å². The fraction of sp³-hybridized carbons (Fsp3) is 0.0741. The lowest BCUT2D eigenvalue weighted by Crippen LogP contribution is -2.11. The first-order valence-corrected chi connectivity index (χ1v) is 10.9. The van der Waals surface area contributed by atoms with Crippen LogP contribution in [0.15, 0.2) is 85.3 Å². The summed E-state index contributed by atoms with van der Waals surface area (Å²) in [5.74, 6) is -0.503. The zero-order valence-electron chi connectivity index (χ0n) is 18.6. The number of benzene rings is 3. The first-order chi connectivity index (χ1) is 16.6. The van der Waals surface area contributed by atoms with Crippen LogP contribution < -0.4 is 11.1 Å². The lowest BCUT2D eigenvalue weighted by molar-refractivity contribution is 0.1000. The van der Waals surface area contributed by atoms with Gasteiger partial charge in [-0.05, 0) is 41.9 Å². The Kier molecular flexibility index (Phi) is 5.53. The molecule has 7 nitrogen and oxygen atoms in total. The molecule has 168 valence electrons. The molecule has 7 heteroatoms. The second kappa shape index (κ2) is 8.80. The number of hydrogen-bond acceptors (Lipinski definition) is 5. The van der Waals surface area contributed by atoms with E-state index < -0.39 is 5.91 Å². The van der Waals surface area contributed by atoms with Crippen LogP contribution in [0.25, 0.3) is 39.1 Å². The summed E-state index contributed by atoms with van der Waals surface area (Å²) in [5, 5.41) is 14.4. The minimum absolute atomic E-state index is 0.0165. The number of amides is 1. The van der Waals surface area contributed by atoms with Gasteiger partial charge in [-0.25, -0.2) is 9.97 Å². The van der Waals surface area contributed by atoms with Gasteiger partial charge in [0.05, 0.1) is 6.20 Å². The van der Waals surface area contributed by atoms with Gasteiger partial charge in [-0.1, -0.05) is 54.6 Å². The molecule has 0 bridgehead atoms. The van der Waals surface area contributed by atoms with Crippen molar-refractivity contribution in [3.05, 3.63) is 96.4 Å². The van der Waals surface area contributed by atoms with Crippen LogP contribution in [0.4, 0.5) is 0 Å². The molecule has 0 aliphatic heterocycles. The first-order valence-electron chi connectivity index (χ1n) is 10.9. The number of aromatic nitrogens is 3. The molecule has 2 aromatic heterocycles. The van der Waals surface area contributed by atoms with E-state index in [9.17, 15) is 9.90 Å². The van der Waals surface area contributed by atoms with Gasteiger partial charge in [-0.2, -0.15) is 0 Å². The van der Waals surface area contributed by atoms with Crippen LogP contribution >= 0.6 is 0 Å². The second-order valence-electron chi connectivity index (χ2n) is 7.98. The monoisotopic (exact) mass is 449 g/mol. The zero-order valence-corrected chi connectivity index (χ0v) is 18.6. The molecule has 0 unspecified atom stereocenters. The van der Waals surface area contributed by atoms with Crippen LogP contribution in [0.3, 0.4) is 0 Å². The molecule has 5 rings (SSSR count). The van der Waals surface area contributed by atoms with Crippen LogP contribution in [-0.4, -0.2) is 32.6 Å². The van der Waals surface area contributed by atoms with E-state index in [1.807, 2.05) is 49.5 Å². The van der Waals surface area contributed by atoms with Gasteiger partial charge in [-0.15, -0.1) is 0 Å². The summed E-state index contributed by atoms with van der Waals surface area (Å²) in [5.41, 5.74) is 12.2. The van der Waals surface area contributed by atoms with Crippen LogP contribution in [0.2, 0.25) is 0 Å². The largest absolute Gasteiger partial charge is 0.504 e. The highest BCUT2D eigenvalue weighted by Crippen LogP contribution is 2.36. The molecule has 4 N–H and O–H groups in total. The van der Waals surface area contributed by atoms with Crippen molar-refractivity contribution in [2.75, 3.05) is 7.05 Å². The van der Waals surface area contributed by atoms with Crippen LogP contribution in [0, 0.1) is 0 Å². The van der Waals surface area contributed by atoms with E-state index >= 15 is 0 Å². The predicted molar refractivity (Wildman–Crippen MR) is 133 cm³/mol. The number of primary amides is 1. The van der Waals surface area contributed by atoms with Crippen molar-refractivity contribution in [1.29, 1.82) is 0 Å². The molecule has 5 aromatic rings. The third-order valence-electron chi connectivity index (χ3n) is 5.82. The summed E-state index contributed by atoms with van der Waals surface area (Å²) in [6.45, 7) is 0.776. The number of pyridine rings is 1. The Morgan fingerprint density at radius 1 is 1.00 bits per heavy atom. The zero-order chi connectivity index (χ0) is 23.7. The fourth-order valence-electron chi connectivity index (χ4n) is 4.16. The fourth-order valence-corrected chi connectivity index (χ4v) is 4.16. The summed E-state index contributed by atoms with van der Waals surface area (Å²) in [6, 6.07) is 23.1. The van der Waals surface area contributed by atoms with E-state index in [4.69, 9.17) is 5.73 Å². The van der Waals surface area contributed by atoms with Crippen molar-refractivity contribution in [1.82, 2.24) is 19.9 Å². The third kappa shape index (κ3) is 3.78. The van der Waals surface area contributed by atoms with E-state index in [2.05, 4.69) is 27.4 Å². The molecule has 0 spiro atoms. The number of carbonyl (C=O) groups is 1. The molecule has 1 amide bonds. The van der Waals surface area contributed by atoms with Crippen molar-refractivity contribution in [2.24, 2.45) is 5.73 Å². The highest BCUT2D eigenvalue weighted by Gasteiger charge is 2.17. The minimum Gasteiger partial charge on any atom is -0.504 e. The Balaban J connectivity index is 1.57. The van der Waals surface area contributed by atoms with E-state index in [0.29, 0.717) is 28.0 Å². The number of carbonyl (C=O) groups excluding carboxylic acids is 1. The summed E-state index contributed by atoms with van der Waals surface area (Å²) < 4.78 is 1.73. The number of imidazole rings is 1. The highest BCUT2D eigenvalue weighted by molar-refractivity contribution is 5.94. The molecule has 0 saturated carbocycles. The normalized spacial score (nSPS) is 11.1. The minimum atomic E-state index is -0.519. The number of nitrogens with one attached hydrogen (secondary N) is 1. The van der Waals surface area contributed by atoms with E-state index in [1.54, 1.807) is 35.3 Å². The molecule has 0 aliphatic carbocycles. The quantitative estimate of drug-likeness (QED) is 0.359. The van der Waals surface area contributed by atoms with Crippen molar-refractivity contribution >= 4 is 16.9 Å². The van der Waals surface area contributed by atoms with E-state index in [-0.39, 0.29) is 5.75 Å². The number of aromatic hydroxyl groups is 1. The molecule has 3 aromatic carbocycles. The van der Waals surface area contributed by atoms with Crippen molar-refractivity contribution in [3.63, 3.8) is 0 Å². The lowest BCUT2D eigenvalue weighted by atomic mass is 9.98. The Hall–Kier alpha value is -4.49. The molecular formula is C27H23N5O2. The summed E-state index contributed by atoms with van der Waals surface area (Å²) in [6.07, 6.45) is 3.23. The molecule has 0 radical (unpaired) electrons. The van der Waals surface area contributed by atoms with Crippen molar-refractivity contribution in [3.8, 4) is 33.8 Å². The second-order valence-corrected chi connectivity index (χ2v) is 7.98. The standard InChI is InChI=1S/C27H23N5O2/c1-29-14-20-5-2-3-8-22(20)17-9-11-18(12-10-17)24-26(33)25-23(15-30-24)31-16-32(25)21-7-4-6-19(13-21)27(28)34/h2-13,15-16,29,33H,14H2,1H3,(H2,28,34). The maximum absolute atomic E-state index is 11.6. The van der Waals surface area contributed by atoms with Crippen molar-refractivity contribution in [2.45, 2.75) is 6.54 Å².